The van der Waals surface area contributed by atoms with E-state index in [1.54, 1.807) is 6.08 Å². The van der Waals surface area contributed by atoms with Gasteiger partial charge in [0, 0.05) is 12.8 Å². The van der Waals surface area contributed by atoms with Crippen molar-refractivity contribution in [3.05, 3.63) is 11.6 Å². The van der Waals surface area contributed by atoms with Crippen LogP contribution in [0, 0.1) is 11.3 Å². The second kappa shape index (κ2) is 9.21. The summed E-state index contributed by atoms with van der Waals surface area (Å²) in [6, 6.07) is -1.01. The number of rotatable bonds is 6. The standard InChI is InChI=1S/C17H25NO8/c1-6-12-7-11(9-26-10(2)19)8-17(14(20)23-3,15(21)24-4)13(12)18-16(22)25-5/h7,11,13H,6,8-9H2,1-5H3,(H,18,22)/t11-,13+/m1/s1. The van der Waals surface area contributed by atoms with Crippen LogP contribution in [0.5, 0.6) is 0 Å². The molecule has 1 aliphatic carbocycles. The maximum absolute atomic E-state index is 12.7. The molecule has 0 aromatic carbocycles. The molecule has 0 aromatic heterocycles. The Kier molecular flexibility index (Phi) is 7.60. The van der Waals surface area contributed by atoms with Gasteiger partial charge in [0.05, 0.1) is 34.0 Å². The molecule has 0 aliphatic heterocycles. The molecule has 0 spiro atoms. The molecule has 0 fully saturated rings. The molecule has 1 rings (SSSR count). The lowest BCUT2D eigenvalue weighted by Crippen LogP contribution is -2.60. The Morgan fingerprint density at radius 3 is 2.12 bits per heavy atom. The van der Waals surface area contributed by atoms with Crippen molar-refractivity contribution in [2.24, 2.45) is 11.3 Å². The van der Waals surface area contributed by atoms with E-state index in [1.165, 1.54) is 14.0 Å². The topological polar surface area (TPSA) is 117 Å². The van der Waals surface area contributed by atoms with Crippen molar-refractivity contribution in [3.8, 4) is 0 Å². The van der Waals surface area contributed by atoms with Gasteiger partial charge >= 0.3 is 24.0 Å². The highest BCUT2D eigenvalue weighted by Gasteiger charge is 2.59. The third-order valence-corrected chi connectivity index (χ3v) is 4.35. The van der Waals surface area contributed by atoms with E-state index in [9.17, 15) is 19.2 Å². The summed E-state index contributed by atoms with van der Waals surface area (Å²) in [6.45, 7) is 3.06. The maximum Gasteiger partial charge on any atom is 0.407 e. The van der Waals surface area contributed by atoms with Crippen LogP contribution in [-0.2, 0) is 33.3 Å². The van der Waals surface area contributed by atoms with E-state index in [4.69, 9.17) is 14.2 Å². The molecule has 0 bridgehead atoms. The number of hydrogen-bond acceptors (Lipinski definition) is 8. The fraction of sp³-hybridized carbons (Fsp3) is 0.647. The van der Waals surface area contributed by atoms with Crippen molar-refractivity contribution in [1.82, 2.24) is 5.32 Å². The molecule has 146 valence electrons. The first kappa shape index (κ1) is 21.5. The number of carbonyl (C=O) groups is 4. The van der Waals surface area contributed by atoms with Gasteiger partial charge < -0.3 is 24.3 Å². The zero-order valence-electron chi connectivity index (χ0n) is 15.6. The maximum atomic E-state index is 12.7. The van der Waals surface area contributed by atoms with Crippen LogP contribution < -0.4 is 5.32 Å². The molecule has 2 atom stereocenters. The minimum Gasteiger partial charge on any atom is -0.468 e. The van der Waals surface area contributed by atoms with Gasteiger partial charge in [-0.05, 0) is 18.4 Å². The Morgan fingerprint density at radius 1 is 1.12 bits per heavy atom. The molecular weight excluding hydrogens is 346 g/mol. The molecule has 0 radical (unpaired) electrons. The highest BCUT2D eigenvalue weighted by atomic mass is 16.6. The van der Waals surface area contributed by atoms with Gasteiger partial charge in [-0.3, -0.25) is 14.4 Å². The number of amides is 1. The minimum absolute atomic E-state index is 0.0144. The molecule has 1 N–H and O–H groups in total. The Balaban J connectivity index is 3.46. The summed E-state index contributed by atoms with van der Waals surface area (Å²) in [6.07, 6.45) is 1.36. The normalized spacial score (nSPS) is 21.0. The van der Waals surface area contributed by atoms with Crippen molar-refractivity contribution in [1.29, 1.82) is 0 Å². The fourth-order valence-corrected chi connectivity index (χ4v) is 3.20. The van der Waals surface area contributed by atoms with Gasteiger partial charge in [0.25, 0.3) is 0 Å². The summed E-state index contributed by atoms with van der Waals surface area (Å²) in [5.41, 5.74) is -1.21. The van der Waals surface area contributed by atoms with E-state index in [0.717, 1.165) is 14.2 Å². The number of nitrogens with one attached hydrogen (secondary N) is 1. The minimum atomic E-state index is -1.82. The van der Waals surface area contributed by atoms with Crippen LogP contribution in [0.15, 0.2) is 11.6 Å². The average molecular weight is 371 g/mol. The largest absolute Gasteiger partial charge is 0.468 e. The van der Waals surface area contributed by atoms with Crippen LogP contribution in [-0.4, -0.2) is 58.0 Å². The van der Waals surface area contributed by atoms with Crippen molar-refractivity contribution in [3.63, 3.8) is 0 Å². The van der Waals surface area contributed by atoms with Gasteiger partial charge in [-0.25, -0.2) is 4.79 Å². The molecule has 1 amide bonds. The average Bonchev–Trinajstić information content (AvgIpc) is 2.64. The lowest BCUT2D eigenvalue weighted by Gasteiger charge is -2.42. The van der Waals surface area contributed by atoms with E-state index < -0.39 is 41.4 Å². The Labute approximate surface area is 152 Å². The van der Waals surface area contributed by atoms with E-state index in [0.29, 0.717) is 12.0 Å². The highest BCUT2D eigenvalue weighted by molar-refractivity contribution is 6.02. The number of ether oxygens (including phenoxy) is 4. The summed E-state index contributed by atoms with van der Waals surface area (Å²) in [5, 5.41) is 2.54. The van der Waals surface area contributed by atoms with E-state index >= 15 is 0 Å². The molecule has 0 heterocycles. The lowest BCUT2D eigenvalue weighted by molar-refractivity contribution is -0.173. The molecule has 0 saturated heterocycles. The Bertz CT molecular complexity index is 582. The molecule has 1 aliphatic rings. The number of alkyl carbamates (subject to hydrolysis) is 1. The first-order chi connectivity index (χ1) is 12.3. The van der Waals surface area contributed by atoms with Gasteiger partial charge in [-0.1, -0.05) is 13.0 Å². The predicted octanol–water partition coefficient (Wildman–Crippen LogP) is 0.963. The van der Waals surface area contributed by atoms with Crippen LogP contribution in [0.1, 0.15) is 26.7 Å². The third-order valence-electron chi connectivity index (χ3n) is 4.35. The van der Waals surface area contributed by atoms with Gasteiger partial charge in [0.1, 0.15) is 0 Å². The number of esters is 3. The van der Waals surface area contributed by atoms with E-state index in [1.807, 2.05) is 6.92 Å². The first-order valence-corrected chi connectivity index (χ1v) is 8.12. The monoisotopic (exact) mass is 371 g/mol. The molecule has 26 heavy (non-hydrogen) atoms. The number of methoxy groups -OCH3 is 3. The molecule has 0 aromatic rings. The van der Waals surface area contributed by atoms with Crippen molar-refractivity contribution >= 4 is 24.0 Å². The quantitative estimate of drug-likeness (QED) is 0.318. The zero-order chi connectivity index (χ0) is 19.9. The molecule has 9 nitrogen and oxygen atoms in total. The number of hydrogen-bond donors (Lipinski definition) is 1. The van der Waals surface area contributed by atoms with Gasteiger partial charge in [-0.2, -0.15) is 0 Å². The van der Waals surface area contributed by atoms with Crippen molar-refractivity contribution < 1.29 is 38.1 Å². The van der Waals surface area contributed by atoms with E-state index in [-0.39, 0.29) is 13.0 Å². The summed E-state index contributed by atoms with van der Waals surface area (Å²) < 4.78 is 19.4. The van der Waals surface area contributed by atoms with Crippen molar-refractivity contribution in [2.75, 3.05) is 27.9 Å². The molecule has 0 unspecified atom stereocenters. The first-order valence-electron chi connectivity index (χ1n) is 8.12. The Morgan fingerprint density at radius 2 is 1.69 bits per heavy atom. The van der Waals surface area contributed by atoms with Gasteiger partial charge in [-0.15, -0.1) is 0 Å². The summed E-state index contributed by atoms with van der Waals surface area (Å²) >= 11 is 0. The van der Waals surface area contributed by atoms with E-state index in [2.05, 4.69) is 10.1 Å². The summed E-state index contributed by atoms with van der Waals surface area (Å²) in [7, 11) is 3.47. The third kappa shape index (κ3) is 4.33. The van der Waals surface area contributed by atoms with Gasteiger partial charge in [0.15, 0.2) is 5.41 Å². The van der Waals surface area contributed by atoms with Crippen LogP contribution in [0.25, 0.3) is 0 Å². The second-order valence-electron chi connectivity index (χ2n) is 5.89. The van der Waals surface area contributed by atoms with Gasteiger partial charge in [0.2, 0.25) is 0 Å². The number of carbonyl (C=O) groups excluding carboxylic acids is 4. The highest BCUT2D eigenvalue weighted by Crippen LogP contribution is 2.42. The summed E-state index contributed by atoms with van der Waals surface area (Å²) in [5.74, 6) is -2.61. The second-order valence-corrected chi connectivity index (χ2v) is 5.89. The smallest absolute Gasteiger partial charge is 0.407 e. The lowest BCUT2D eigenvalue weighted by atomic mass is 9.66. The fourth-order valence-electron chi connectivity index (χ4n) is 3.20. The SMILES string of the molecule is CCC1=C[C@@H](COC(C)=O)CC(C(=O)OC)(C(=O)OC)[C@H]1NC(=O)OC. The van der Waals surface area contributed by atoms with Crippen molar-refractivity contribution in [2.45, 2.75) is 32.7 Å². The zero-order valence-corrected chi connectivity index (χ0v) is 15.6. The molecular formula is C17H25NO8. The van der Waals surface area contributed by atoms with Crippen LogP contribution >= 0.6 is 0 Å². The summed E-state index contributed by atoms with van der Waals surface area (Å²) in [4.78, 5) is 48.3. The predicted molar refractivity (Wildman–Crippen MR) is 88.9 cm³/mol. The molecule has 9 heteroatoms. The Hall–Kier alpha value is -2.58. The van der Waals surface area contributed by atoms with Crippen LogP contribution in [0.3, 0.4) is 0 Å². The molecule has 0 saturated carbocycles. The van der Waals surface area contributed by atoms with Crippen LogP contribution in [0.2, 0.25) is 0 Å². The van der Waals surface area contributed by atoms with Crippen LogP contribution in [0.4, 0.5) is 4.79 Å².